The minimum atomic E-state index is -0.481. The number of amides is 2. The number of hydrogen-bond donors (Lipinski definition) is 1. The third-order valence-electron chi connectivity index (χ3n) is 3.22. The molecule has 2 aliphatic rings. The van der Waals surface area contributed by atoms with E-state index in [9.17, 15) is 9.59 Å². The largest absolute Gasteiger partial charge is 0.365 e. The Morgan fingerprint density at radius 3 is 2.53 bits per heavy atom. The van der Waals surface area contributed by atoms with Gasteiger partial charge in [0.2, 0.25) is 5.91 Å². The molecular weight excluding hydrogens is 222 g/mol. The van der Waals surface area contributed by atoms with Crippen LogP contribution in [-0.4, -0.2) is 73.6 Å². The molecule has 0 spiro atoms. The van der Waals surface area contributed by atoms with E-state index in [4.69, 9.17) is 4.74 Å². The number of morpholine rings is 1. The summed E-state index contributed by atoms with van der Waals surface area (Å²) in [5.41, 5.74) is 0. The van der Waals surface area contributed by atoms with Crippen LogP contribution >= 0.6 is 0 Å². The molecule has 2 saturated heterocycles. The fourth-order valence-electron chi connectivity index (χ4n) is 2.17. The molecule has 0 aromatic rings. The molecule has 2 heterocycles. The van der Waals surface area contributed by atoms with E-state index in [-0.39, 0.29) is 11.8 Å². The maximum atomic E-state index is 12.2. The van der Waals surface area contributed by atoms with E-state index in [2.05, 4.69) is 5.32 Å². The lowest BCUT2D eigenvalue weighted by molar-refractivity contribution is -0.154. The zero-order valence-corrected chi connectivity index (χ0v) is 10.1. The van der Waals surface area contributed by atoms with Crippen molar-refractivity contribution < 1.29 is 14.3 Å². The number of hydrogen-bond acceptors (Lipinski definition) is 4. The van der Waals surface area contributed by atoms with Crippen molar-refractivity contribution in [2.75, 3.05) is 45.9 Å². The van der Waals surface area contributed by atoms with Crippen LogP contribution in [0.4, 0.5) is 0 Å². The van der Waals surface area contributed by atoms with Crippen LogP contribution in [-0.2, 0) is 14.3 Å². The van der Waals surface area contributed by atoms with E-state index in [1.807, 2.05) is 4.90 Å². The molecule has 6 nitrogen and oxygen atoms in total. The number of rotatable bonds is 1. The van der Waals surface area contributed by atoms with Gasteiger partial charge in [-0.05, 0) is 0 Å². The van der Waals surface area contributed by atoms with E-state index >= 15 is 0 Å². The van der Waals surface area contributed by atoms with Crippen LogP contribution in [0.3, 0.4) is 0 Å². The number of carbonyl (C=O) groups excluding carboxylic acids is 2. The van der Waals surface area contributed by atoms with Gasteiger partial charge in [0.05, 0.1) is 13.2 Å². The van der Waals surface area contributed by atoms with Crippen LogP contribution in [0.1, 0.15) is 6.92 Å². The summed E-state index contributed by atoms with van der Waals surface area (Å²) < 4.78 is 5.47. The van der Waals surface area contributed by atoms with Crippen molar-refractivity contribution in [1.82, 2.24) is 15.1 Å². The van der Waals surface area contributed by atoms with Gasteiger partial charge in [-0.15, -0.1) is 0 Å². The monoisotopic (exact) mass is 241 g/mol. The molecule has 0 aromatic heterocycles. The maximum Gasteiger partial charge on any atom is 0.253 e. The summed E-state index contributed by atoms with van der Waals surface area (Å²) in [5.74, 6) is 0.0175. The van der Waals surface area contributed by atoms with Gasteiger partial charge >= 0.3 is 0 Å². The molecule has 6 heteroatoms. The summed E-state index contributed by atoms with van der Waals surface area (Å²) in [6.45, 7) is 6.04. The van der Waals surface area contributed by atoms with Gasteiger partial charge in [-0.1, -0.05) is 0 Å². The SMILES string of the molecule is CC(=O)N1CCOC(C(=O)N2CCNCC2)C1. The zero-order chi connectivity index (χ0) is 12.3. The minimum absolute atomic E-state index is 0.00594. The number of nitrogens with one attached hydrogen (secondary N) is 1. The van der Waals surface area contributed by atoms with E-state index in [0.717, 1.165) is 26.2 Å². The predicted octanol–water partition coefficient (Wildman–Crippen LogP) is -1.33. The highest BCUT2D eigenvalue weighted by atomic mass is 16.5. The Labute approximate surface area is 101 Å². The summed E-state index contributed by atoms with van der Waals surface area (Å²) in [4.78, 5) is 26.9. The van der Waals surface area contributed by atoms with Crippen molar-refractivity contribution in [3.63, 3.8) is 0 Å². The molecule has 2 aliphatic heterocycles. The molecule has 2 fully saturated rings. The van der Waals surface area contributed by atoms with Crippen molar-refractivity contribution in [2.45, 2.75) is 13.0 Å². The van der Waals surface area contributed by atoms with E-state index in [1.54, 1.807) is 4.90 Å². The fourth-order valence-corrected chi connectivity index (χ4v) is 2.17. The molecule has 0 aromatic carbocycles. The molecule has 1 unspecified atom stereocenters. The maximum absolute atomic E-state index is 12.2. The lowest BCUT2D eigenvalue weighted by atomic mass is 10.2. The van der Waals surface area contributed by atoms with Crippen LogP contribution in [0.5, 0.6) is 0 Å². The Bertz CT molecular complexity index is 302. The predicted molar refractivity (Wildman–Crippen MR) is 61.4 cm³/mol. The Morgan fingerprint density at radius 1 is 1.18 bits per heavy atom. The van der Waals surface area contributed by atoms with Crippen molar-refractivity contribution in [2.24, 2.45) is 0 Å². The highest BCUT2D eigenvalue weighted by Crippen LogP contribution is 2.09. The van der Waals surface area contributed by atoms with Gasteiger partial charge in [0, 0.05) is 39.6 Å². The van der Waals surface area contributed by atoms with Gasteiger partial charge < -0.3 is 19.9 Å². The molecule has 0 radical (unpaired) electrons. The lowest BCUT2D eigenvalue weighted by Gasteiger charge is -2.36. The summed E-state index contributed by atoms with van der Waals surface area (Å²) in [7, 11) is 0. The summed E-state index contributed by atoms with van der Waals surface area (Å²) in [5, 5.41) is 3.20. The third-order valence-corrected chi connectivity index (χ3v) is 3.22. The summed E-state index contributed by atoms with van der Waals surface area (Å²) in [6, 6.07) is 0. The molecule has 2 amide bonds. The van der Waals surface area contributed by atoms with Gasteiger partial charge in [-0.2, -0.15) is 0 Å². The first-order valence-corrected chi connectivity index (χ1v) is 6.05. The Balaban J connectivity index is 1.91. The standard InChI is InChI=1S/C11H19N3O3/c1-9(15)14-6-7-17-10(8-14)11(16)13-4-2-12-3-5-13/h10,12H,2-8H2,1H3. The van der Waals surface area contributed by atoms with E-state index in [1.165, 1.54) is 6.92 Å². The van der Waals surface area contributed by atoms with Crippen LogP contribution < -0.4 is 5.32 Å². The Morgan fingerprint density at radius 2 is 1.88 bits per heavy atom. The first kappa shape index (κ1) is 12.3. The molecule has 17 heavy (non-hydrogen) atoms. The van der Waals surface area contributed by atoms with E-state index < -0.39 is 6.10 Å². The van der Waals surface area contributed by atoms with Crippen molar-refractivity contribution in [3.8, 4) is 0 Å². The summed E-state index contributed by atoms with van der Waals surface area (Å²) in [6.07, 6.45) is -0.481. The second-order valence-electron chi connectivity index (χ2n) is 4.40. The topological polar surface area (TPSA) is 61.9 Å². The Kier molecular flexibility index (Phi) is 3.96. The molecule has 0 aliphatic carbocycles. The molecule has 2 rings (SSSR count). The second-order valence-corrected chi connectivity index (χ2v) is 4.40. The normalized spacial score (nSPS) is 25.8. The van der Waals surface area contributed by atoms with Gasteiger partial charge in [-0.25, -0.2) is 0 Å². The van der Waals surface area contributed by atoms with Crippen LogP contribution in [0.2, 0.25) is 0 Å². The van der Waals surface area contributed by atoms with Crippen LogP contribution in [0.15, 0.2) is 0 Å². The fraction of sp³-hybridized carbons (Fsp3) is 0.818. The average molecular weight is 241 g/mol. The highest BCUT2D eigenvalue weighted by Gasteiger charge is 2.31. The van der Waals surface area contributed by atoms with Crippen molar-refractivity contribution >= 4 is 11.8 Å². The molecule has 0 bridgehead atoms. The van der Waals surface area contributed by atoms with Crippen LogP contribution in [0.25, 0.3) is 0 Å². The van der Waals surface area contributed by atoms with Gasteiger partial charge in [0.15, 0.2) is 6.10 Å². The minimum Gasteiger partial charge on any atom is -0.365 e. The number of carbonyl (C=O) groups is 2. The first-order chi connectivity index (χ1) is 8.18. The molecule has 1 N–H and O–H groups in total. The average Bonchev–Trinajstić information content (AvgIpc) is 2.39. The lowest BCUT2D eigenvalue weighted by Crippen LogP contribution is -2.55. The van der Waals surface area contributed by atoms with Gasteiger partial charge in [0.25, 0.3) is 5.91 Å². The zero-order valence-electron chi connectivity index (χ0n) is 10.1. The van der Waals surface area contributed by atoms with Crippen molar-refractivity contribution in [1.29, 1.82) is 0 Å². The molecule has 1 atom stereocenters. The number of nitrogens with zero attached hydrogens (tertiary/aromatic N) is 2. The number of piperazine rings is 1. The third kappa shape index (κ3) is 2.95. The Hall–Kier alpha value is -1.14. The molecular formula is C11H19N3O3. The smallest absolute Gasteiger partial charge is 0.253 e. The first-order valence-electron chi connectivity index (χ1n) is 6.05. The second kappa shape index (κ2) is 5.46. The number of ether oxygens (including phenoxy) is 1. The van der Waals surface area contributed by atoms with Gasteiger partial charge in [-0.3, -0.25) is 9.59 Å². The van der Waals surface area contributed by atoms with Gasteiger partial charge in [0.1, 0.15) is 0 Å². The van der Waals surface area contributed by atoms with Crippen LogP contribution in [0, 0.1) is 0 Å². The molecule has 0 saturated carbocycles. The van der Waals surface area contributed by atoms with Crippen molar-refractivity contribution in [3.05, 3.63) is 0 Å². The van der Waals surface area contributed by atoms with E-state index in [0.29, 0.717) is 19.7 Å². The quantitative estimate of drug-likeness (QED) is 0.617. The summed E-state index contributed by atoms with van der Waals surface area (Å²) >= 11 is 0. The molecule has 96 valence electrons. The highest BCUT2D eigenvalue weighted by molar-refractivity contribution is 5.82.